The Morgan fingerprint density at radius 1 is 0.846 bits per heavy atom. The summed E-state index contributed by atoms with van der Waals surface area (Å²) in [5.41, 5.74) is 29.7. The van der Waals surface area contributed by atoms with Crippen LogP contribution in [0.1, 0.15) is 0 Å². The van der Waals surface area contributed by atoms with Gasteiger partial charge in [0.25, 0.3) is 11.7 Å². The van der Waals surface area contributed by atoms with Crippen molar-refractivity contribution < 1.29 is 14.3 Å². The zero-order chi connectivity index (χ0) is 10.5. The molecule has 0 saturated carbocycles. The van der Waals surface area contributed by atoms with Gasteiger partial charge in [0, 0.05) is 0 Å². The Bertz CT molecular complexity index is 226. The van der Waals surface area contributed by atoms with Crippen LogP contribution in [-0.2, 0) is 9.47 Å². The molecule has 0 amide bonds. The summed E-state index contributed by atoms with van der Waals surface area (Å²) >= 11 is 0. The molecule has 1 aliphatic rings. The van der Waals surface area contributed by atoms with E-state index in [1.165, 1.54) is 0 Å². The Morgan fingerprint density at radius 3 is 1.46 bits per heavy atom. The first-order chi connectivity index (χ1) is 5.60. The van der Waals surface area contributed by atoms with Crippen LogP contribution in [0.4, 0.5) is 4.79 Å². The molecule has 1 rings (SSSR count). The van der Waals surface area contributed by atoms with Gasteiger partial charge in [0.05, 0.1) is 0 Å². The average Bonchev–Trinajstić information content (AvgIpc) is 1.80. The largest absolute Gasteiger partial charge is 0.514 e. The summed E-state index contributed by atoms with van der Waals surface area (Å²) in [6, 6.07) is 0. The number of carbonyl (C=O) groups is 1. The van der Waals surface area contributed by atoms with Crippen molar-refractivity contribution in [1.29, 1.82) is 0 Å². The summed E-state index contributed by atoms with van der Waals surface area (Å²) in [4.78, 5) is 10.7. The maximum Gasteiger partial charge on any atom is 0.514 e. The number of cyclic esters (lactones) is 2. The molecule has 9 heteroatoms. The standard InChI is InChI=1S/C4H12N6O3/c5-2(6)3(7,8)12-1(11)13-4(2,9)10/h5-10H2. The molecule has 12 N–H and O–H groups in total. The lowest BCUT2D eigenvalue weighted by molar-refractivity contribution is -0.208. The van der Waals surface area contributed by atoms with Gasteiger partial charge in [-0.05, 0) is 0 Å². The SMILES string of the molecule is NC1(N)OC(=O)OC(N)(N)C1(N)N. The molecule has 1 saturated heterocycles. The molecule has 0 bridgehead atoms. The maximum absolute atomic E-state index is 10.7. The van der Waals surface area contributed by atoms with Crippen molar-refractivity contribution in [2.75, 3.05) is 0 Å². The van der Waals surface area contributed by atoms with Crippen LogP contribution in [0.5, 0.6) is 0 Å². The first kappa shape index (κ1) is 10.1. The molecule has 0 aromatic carbocycles. The zero-order valence-corrected chi connectivity index (χ0v) is 6.69. The van der Waals surface area contributed by atoms with Gasteiger partial charge in [0.15, 0.2) is 0 Å². The third-order valence-corrected chi connectivity index (χ3v) is 1.80. The van der Waals surface area contributed by atoms with Crippen molar-refractivity contribution in [3.63, 3.8) is 0 Å². The van der Waals surface area contributed by atoms with Crippen LogP contribution in [0.3, 0.4) is 0 Å². The van der Waals surface area contributed by atoms with Crippen LogP contribution in [0.2, 0.25) is 0 Å². The van der Waals surface area contributed by atoms with Gasteiger partial charge < -0.3 is 20.9 Å². The highest BCUT2D eigenvalue weighted by molar-refractivity contribution is 5.63. The average molecular weight is 192 g/mol. The van der Waals surface area contributed by atoms with E-state index in [0.29, 0.717) is 0 Å². The number of rotatable bonds is 0. The summed E-state index contributed by atoms with van der Waals surface area (Å²) in [5.74, 6) is -4.38. The summed E-state index contributed by atoms with van der Waals surface area (Å²) in [7, 11) is 0. The van der Waals surface area contributed by atoms with Crippen LogP contribution >= 0.6 is 0 Å². The third kappa shape index (κ3) is 1.23. The van der Waals surface area contributed by atoms with Crippen molar-refractivity contribution in [2.45, 2.75) is 17.4 Å². The highest BCUT2D eigenvalue weighted by Crippen LogP contribution is 2.23. The number of ether oxygens (including phenoxy) is 2. The number of carbonyl (C=O) groups excluding carboxylic acids is 1. The van der Waals surface area contributed by atoms with Crippen LogP contribution < -0.4 is 34.4 Å². The minimum Gasteiger partial charge on any atom is -0.395 e. The lowest BCUT2D eigenvalue weighted by atomic mass is 10.00. The molecule has 0 aliphatic carbocycles. The van der Waals surface area contributed by atoms with Crippen molar-refractivity contribution in [2.24, 2.45) is 34.4 Å². The molecular weight excluding hydrogens is 180 g/mol. The molecular formula is C4H12N6O3. The Balaban J connectivity index is 3.10. The summed E-state index contributed by atoms with van der Waals surface area (Å²) in [5, 5.41) is 0. The number of nitrogens with two attached hydrogens (primary N) is 6. The van der Waals surface area contributed by atoms with Gasteiger partial charge in [-0.1, -0.05) is 0 Å². The zero-order valence-electron chi connectivity index (χ0n) is 6.69. The molecule has 0 unspecified atom stereocenters. The fourth-order valence-electron chi connectivity index (χ4n) is 0.771. The van der Waals surface area contributed by atoms with E-state index in [-0.39, 0.29) is 0 Å². The van der Waals surface area contributed by atoms with Crippen LogP contribution in [0, 0.1) is 0 Å². The minimum absolute atomic E-state index is 1.23. The van der Waals surface area contributed by atoms with Crippen molar-refractivity contribution >= 4 is 6.16 Å². The van der Waals surface area contributed by atoms with E-state index in [1.54, 1.807) is 0 Å². The van der Waals surface area contributed by atoms with Gasteiger partial charge in [-0.25, -0.2) is 4.79 Å². The van der Waals surface area contributed by atoms with E-state index in [0.717, 1.165) is 0 Å². The van der Waals surface area contributed by atoms with Gasteiger partial charge in [-0.3, -0.25) is 22.9 Å². The lowest BCUT2D eigenvalue weighted by Crippen LogP contribution is -2.93. The predicted molar refractivity (Wildman–Crippen MR) is 40.9 cm³/mol. The molecule has 0 aromatic heterocycles. The molecule has 1 heterocycles. The monoisotopic (exact) mass is 192 g/mol. The van der Waals surface area contributed by atoms with E-state index in [4.69, 9.17) is 34.4 Å². The Hall–Kier alpha value is -0.970. The van der Waals surface area contributed by atoms with Gasteiger partial charge >= 0.3 is 6.16 Å². The van der Waals surface area contributed by atoms with Gasteiger partial charge in [-0.15, -0.1) is 0 Å². The Morgan fingerprint density at radius 2 is 1.15 bits per heavy atom. The van der Waals surface area contributed by atoms with Crippen molar-refractivity contribution in [1.82, 2.24) is 0 Å². The van der Waals surface area contributed by atoms with Gasteiger partial charge in [-0.2, -0.15) is 0 Å². The van der Waals surface area contributed by atoms with E-state index < -0.39 is 23.5 Å². The molecule has 1 aliphatic heterocycles. The lowest BCUT2D eigenvalue weighted by Gasteiger charge is -2.49. The number of hydrogen-bond acceptors (Lipinski definition) is 9. The van der Waals surface area contributed by atoms with Crippen molar-refractivity contribution in [3.8, 4) is 0 Å². The topological polar surface area (TPSA) is 192 Å². The number of hydrogen-bond donors (Lipinski definition) is 6. The van der Waals surface area contributed by atoms with Crippen LogP contribution in [0.15, 0.2) is 0 Å². The molecule has 0 spiro atoms. The normalized spacial score (nSPS) is 28.9. The highest BCUT2D eigenvalue weighted by atomic mass is 16.8. The second kappa shape index (κ2) is 2.29. The van der Waals surface area contributed by atoms with Crippen LogP contribution in [0.25, 0.3) is 0 Å². The van der Waals surface area contributed by atoms with E-state index in [9.17, 15) is 4.79 Å². The van der Waals surface area contributed by atoms with E-state index >= 15 is 0 Å². The Kier molecular flexibility index (Phi) is 1.78. The molecule has 0 aromatic rings. The van der Waals surface area contributed by atoms with E-state index in [1.807, 2.05) is 0 Å². The molecule has 9 nitrogen and oxygen atoms in total. The fraction of sp³-hybridized carbons (Fsp3) is 0.750. The first-order valence-electron chi connectivity index (χ1n) is 3.25. The van der Waals surface area contributed by atoms with E-state index in [2.05, 4.69) is 9.47 Å². The minimum atomic E-state index is -2.19. The van der Waals surface area contributed by atoms with Gasteiger partial charge in [0.1, 0.15) is 0 Å². The third-order valence-electron chi connectivity index (χ3n) is 1.80. The van der Waals surface area contributed by atoms with Crippen LogP contribution in [-0.4, -0.2) is 23.5 Å². The quantitative estimate of drug-likeness (QED) is 0.163. The summed E-state index contributed by atoms with van der Waals surface area (Å²) in [6.45, 7) is 0. The highest BCUT2D eigenvalue weighted by Gasteiger charge is 2.62. The fourth-order valence-corrected chi connectivity index (χ4v) is 0.771. The maximum atomic E-state index is 10.7. The first-order valence-corrected chi connectivity index (χ1v) is 3.25. The smallest absolute Gasteiger partial charge is 0.395 e. The predicted octanol–water partition coefficient (Wildman–Crippen LogP) is -4.09. The molecule has 13 heavy (non-hydrogen) atoms. The Labute approximate surface area is 73.3 Å². The summed E-state index contributed by atoms with van der Waals surface area (Å²) in [6.07, 6.45) is -1.23. The molecule has 1 fully saturated rings. The van der Waals surface area contributed by atoms with Gasteiger partial charge in [0.2, 0.25) is 5.66 Å². The molecule has 0 radical (unpaired) electrons. The molecule has 0 atom stereocenters. The summed E-state index contributed by atoms with van der Waals surface area (Å²) < 4.78 is 8.62. The van der Waals surface area contributed by atoms with Crippen molar-refractivity contribution in [3.05, 3.63) is 0 Å². The second-order valence-electron chi connectivity index (χ2n) is 2.91. The second-order valence-corrected chi connectivity index (χ2v) is 2.91. The molecule has 76 valence electrons.